The van der Waals surface area contributed by atoms with Crippen molar-refractivity contribution in [3.63, 3.8) is 0 Å². The molecule has 0 unspecified atom stereocenters. The average molecular weight is 528 g/mol. The lowest BCUT2D eigenvalue weighted by molar-refractivity contribution is 0.670. The number of hydrogen-bond acceptors (Lipinski definition) is 8. The maximum atomic E-state index is 7.45. The van der Waals surface area contributed by atoms with Crippen molar-refractivity contribution in [2.45, 2.75) is 39.0 Å². The highest BCUT2D eigenvalue weighted by Crippen LogP contribution is 2.30. The van der Waals surface area contributed by atoms with E-state index in [0.717, 1.165) is 33.1 Å². The largest absolute Gasteiger partial charge is 0.258 e. The van der Waals surface area contributed by atoms with Crippen LogP contribution in [0.2, 0.25) is 0 Å². The molecular weight excluding hydrogens is 502 g/mol. The Kier molecular flexibility index (Phi) is 6.74. The number of aryl methyl sites for hydroxylation is 1. The molecule has 0 bridgehead atoms. The van der Waals surface area contributed by atoms with E-state index >= 15 is 0 Å². The Bertz CT molecular complexity index is 1860. The number of thiophene rings is 1. The number of hydrogen-bond donors (Lipinski definition) is 2. The molecule has 2 aromatic heterocycles. The van der Waals surface area contributed by atoms with E-state index < -0.39 is 0 Å². The van der Waals surface area contributed by atoms with Gasteiger partial charge in [-0.2, -0.15) is 0 Å². The van der Waals surface area contributed by atoms with Crippen LogP contribution in [-0.2, 0) is 6.42 Å². The van der Waals surface area contributed by atoms with Crippen molar-refractivity contribution in [1.29, 1.82) is 10.8 Å². The first kappa shape index (κ1) is 24.7. The van der Waals surface area contributed by atoms with Crippen LogP contribution in [0.25, 0.3) is 34.2 Å². The van der Waals surface area contributed by atoms with Crippen LogP contribution in [0, 0.1) is 10.8 Å². The SMILES string of the molecule is CCCCCCc1ccc(-c2nc(C3=Cc4cc(=C=N)ccc4=N3)nc(C3=Cc4cc(=C=N)ccc4=N3)n2)s1. The van der Waals surface area contributed by atoms with E-state index in [1.165, 1.54) is 30.6 Å². The molecule has 0 radical (unpaired) electrons. The summed E-state index contributed by atoms with van der Waals surface area (Å²) in [5.41, 5.74) is 3.10. The van der Waals surface area contributed by atoms with Gasteiger partial charge in [-0.05, 0) is 85.3 Å². The van der Waals surface area contributed by atoms with Gasteiger partial charge < -0.3 is 0 Å². The fourth-order valence-electron chi connectivity index (χ4n) is 4.62. The number of aromatic nitrogens is 3. The van der Waals surface area contributed by atoms with Gasteiger partial charge in [-0.1, -0.05) is 26.2 Å². The molecule has 190 valence electrons. The molecule has 2 aliphatic rings. The molecule has 0 spiro atoms. The summed E-state index contributed by atoms with van der Waals surface area (Å²) < 4.78 is 0. The minimum absolute atomic E-state index is 0.477. The highest BCUT2D eigenvalue weighted by atomic mass is 32.1. The number of benzene rings is 2. The van der Waals surface area contributed by atoms with Crippen LogP contribution in [0.1, 0.15) is 60.3 Å². The number of nitrogens with zero attached hydrogens (tertiary/aromatic N) is 5. The predicted molar refractivity (Wildman–Crippen MR) is 155 cm³/mol. The van der Waals surface area contributed by atoms with E-state index in [-0.39, 0.29) is 0 Å². The van der Waals surface area contributed by atoms with Crippen LogP contribution in [0.3, 0.4) is 0 Å². The summed E-state index contributed by atoms with van der Waals surface area (Å²) in [4.78, 5) is 26.4. The molecule has 2 N–H and O–H groups in total. The van der Waals surface area contributed by atoms with Gasteiger partial charge in [0.1, 0.15) is 11.4 Å². The van der Waals surface area contributed by atoms with Crippen LogP contribution in [0.15, 0.2) is 58.5 Å². The second-order valence-electron chi connectivity index (χ2n) is 9.46. The van der Waals surface area contributed by atoms with Gasteiger partial charge in [0.05, 0.1) is 15.6 Å². The van der Waals surface area contributed by atoms with E-state index in [4.69, 9.17) is 35.8 Å². The second-order valence-corrected chi connectivity index (χ2v) is 10.6. The number of unbranched alkanes of at least 4 members (excludes halogenated alkanes) is 3. The minimum atomic E-state index is 0.477. The van der Waals surface area contributed by atoms with Crippen LogP contribution in [-0.4, -0.2) is 26.7 Å². The van der Waals surface area contributed by atoms with Gasteiger partial charge >= 0.3 is 0 Å². The van der Waals surface area contributed by atoms with Crippen molar-refractivity contribution in [3.8, 4) is 10.7 Å². The fraction of sp³-hybridized carbons (Fsp3) is 0.194. The summed E-state index contributed by atoms with van der Waals surface area (Å²) in [5.74, 6) is 6.42. The van der Waals surface area contributed by atoms with Crippen molar-refractivity contribution in [1.82, 2.24) is 15.0 Å². The van der Waals surface area contributed by atoms with E-state index in [1.807, 2.05) is 48.6 Å². The highest BCUT2D eigenvalue weighted by Gasteiger charge is 2.20. The molecule has 2 aliphatic heterocycles. The fourth-order valence-corrected chi connectivity index (χ4v) is 5.60. The first-order valence-electron chi connectivity index (χ1n) is 13.0. The Morgan fingerprint density at radius 2 is 1.28 bits per heavy atom. The summed E-state index contributed by atoms with van der Waals surface area (Å²) in [6.45, 7) is 2.23. The lowest BCUT2D eigenvalue weighted by atomic mass is 10.1. The zero-order valence-electron chi connectivity index (χ0n) is 21.5. The molecule has 6 rings (SSSR count). The molecule has 0 aliphatic carbocycles. The Labute approximate surface area is 229 Å². The zero-order valence-corrected chi connectivity index (χ0v) is 22.3. The maximum Gasteiger partial charge on any atom is 0.182 e. The van der Waals surface area contributed by atoms with Crippen molar-refractivity contribution in [2.75, 3.05) is 0 Å². The minimum Gasteiger partial charge on any atom is -0.258 e. The Balaban J connectivity index is 1.42. The number of rotatable bonds is 8. The summed E-state index contributed by atoms with van der Waals surface area (Å²) in [5, 5.41) is 17.9. The molecule has 0 atom stereocenters. The van der Waals surface area contributed by atoms with E-state index in [1.54, 1.807) is 11.3 Å². The molecule has 2 aromatic carbocycles. The van der Waals surface area contributed by atoms with Crippen molar-refractivity contribution >= 4 is 46.6 Å². The Morgan fingerprint density at radius 3 is 1.85 bits per heavy atom. The topological polar surface area (TPSA) is 111 Å². The van der Waals surface area contributed by atoms with Gasteiger partial charge in [0.25, 0.3) is 0 Å². The van der Waals surface area contributed by atoms with E-state index in [2.05, 4.69) is 30.8 Å². The summed E-state index contributed by atoms with van der Waals surface area (Å²) in [6, 6.07) is 15.4. The van der Waals surface area contributed by atoms with E-state index in [0.29, 0.717) is 39.3 Å². The van der Waals surface area contributed by atoms with Gasteiger partial charge in [0.15, 0.2) is 17.5 Å². The lowest BCUT2D eigenvalue weighted by Gasteiger charge is -2.05. The highest BCUT2D eigenvalue weighted by molar-refractivity contribution is 7.15. The first-order valence-corrected chi connectivity index (χ1v) is 13.8. The molecule has 4 aromatic rings. The molecule has 39 heavy (non-hydrogen) atoms. The van der Waals surface area contributed by atoms with Crippen molar-refractivity contribution in [3.05, 3.63) is 97.3 Å². The van der Waals surface area contributed by atoms with Crippen molar-refractivity contribution < 1.29 is 0 Å². The normalized spacial score (nSPS) is 12.9. The lowest BCUT2D eigenvalue weighted by Crippen LogP contribution is -2.10. The standard InChI is InChI=1S/C31H25N7S/c1-2-3-4-5-6-23-9-12-28(39-23)31-37-29(26-15-21-13-19(17-32)7-10-24(21)34-26)36-30(38-31)27-16-22-14-20(18-33)8-11-25(22)35-27/h7-16,32-33H,2-6H2,1H3. The Hall–Kier alpha value is -4.61. The van der Waals surface area contributed by atoms with Crippen LogP contribution in [0.4, 0.5) is 0 Å². The molecule has 7 nitrogen and oxygen atoms in total. The third-order valence-electron chi connectivity index (χ3n) is 6.66. The van der Waals surface area contributed by atoms with Crippen LogP contribution >= 0.6 is 11.3 Å². The van der Waals surface area contributed by atoms with E-state index in [9.17, 15) is 0 Å². The summed E-state index contributed by atoms with van der Waals surface area (Å²) in [7, 11) is 0. The van der Waals surface area contributed by atoms with Gasteiger partial charge in [0.2, 0.25) is 0 Å². The predicted octanol–water partition coefficient (Wildman–Crippen LogP) is 3.83. The quantitative estimate of drug-likeness (QED) is 0.268. The number of fused-ring (bicyclic) bond motifs is 2. The molecule has 4 heterocycles. The monoisotopic (exact) mass is 527 g/mol. The Morgan fingerprint density at radius 1 is 0.692 bits per heavy atom. The average Bonchev–Trinajstić information content (AvgIpc) is 3.72. The third kappa shape index (κ3) is 5.09. The first-order chi connectivity index (χ1) is 19.1. The smallest absolute Gasteiger partial charge is 0.182 e. The number of nitrogens with one attached hydrogen (secondary N) is 2. The van der Waals surface area contributed by atoms with Crippen molar-refractivity contribution in [2.24, 2.45) is 9.98 Å². The molecule has 0 amide bonds. The van der Waals surface area contributed by atoms with Gasteiger partial charge in [-0.3, -0.25) is 10.8 Å². The molecule has 8 heteroatoms. The van der Waals surface area contributed by atoms with Gasteiger partial charge in [0, 0.05) is 26.4 Å². The van der Waals surface area contributed by atoms with Gasteiger partial charge in [-0.25, -0.2) is 24.9 Å². The molecule has 0 fully saturated rings. The second kappa shape index (κ2) is 10.6. The van der Waals surface area contributed by atoms with Crippen LogP contribution in [0.5, 0.6) is 0 Å². The summed E-state index contributed by atoms with van der Waals surface area (Å²) >= 11 is 1.72. The molecular formula is C31H25N7S. The third-order valence-corrected chi connectivity index (χ3v) is 7.80. The maximum absolute atomic E-state index is 7.45. The van der Waals surface area contributed by atoms with Crippen LogP contribution < -0.4 is 21.2 Å². The molecule has 0 saturated heterocycles. The zero-order chi connectivity index (χ0) is 26.8. The summed E-state index contributed by atoms with van der Waals surface area (Å²) in [6.07, 6.45) is 9.84. The van der Waals surface area contributed by atoms with Gasteiger partial charge in [-0.15, -0.1) is 11.3 Å². The molecule has 0 saturated carbocycles.